The molecule has 0 aromatic heterocycles. The highest BCUT2D eigenvalue weighted by molar-refractivity contribution is 9.10. The number of nitrogens with one attached hydrogen (secondary N) is 1. The van der Waals surface area contributed by atoms with Gasteiger partial charge in [-0.2, -0.15) is 0 Å². The molecule has 1 atom stereocenters. The molecule has 1 N–H and O–H groups in total. The number of anilines is 1. The highest BCUT2D eigenvalue weighted by atomic mass is 79.9. The van der Waals surface area contributed by atoms with E-state index >= 15 is 0 Å². The molecule has 1 saturated carbocycles. The number of piperazine rings is 1. The van der Waals surface area contributed by atoms with Gasteiger partial charge in [0.2, 0.25) is 11.8 Å². The van der Waals surface area contributed by atoms with Crippen molar-refractivity contribution >= 4 is 39.3 Å². The second-order valence-corrected chi connectivity index (χ2v) is 7.17. The van der Waals surface area contributed by atoms with Gasteiger partial charge in [-0.05, 0) is 31.0 Å². The van der Waals surface area contributed by atoms with Crippen LogP contribution in [0.15, 0.2) is 22.7 Å². The number of halogens is 1. The van der Waals surface area contributed by atoms with Crippen LogP contribution < -0.4 is 5.32 Å². The average molecular weight is 378 g/mol. The second kappa shape index (κ2) is 5.33. The number of amides is 3. The van der Waals surface area contributed by atoms with Crippen molar-refractivity contribution in [2.45, 2.75) is 18.9 Å². The maximum atomic E-state index is 12.8. The van der Waals surface area contributed by atoms with Crippen LogP contribution in [0.2, 0.25) is 0 Å². The summed E-state index contributed by atoms with van der Waals surface area (Å²) in [4.78, 5) is 40.9. The average Bonchev–Trinajstić information content (AvgIpc) is 3.39. The number of rotatable bonds is 1. The lowest BCUT2D eigenvalue weighted by molar-refractivity contribution is -0.136. The van der Waals surface area contributed by atoms with Gasteiger partial charge in [0.1, 0.15) is 6.04 Å². The van der Waals surface area contributed by atoms with Crippen molar-refractivity contribution < 1.29 is 14.4 Å². The summed E-state index contributed by atoms with van der Waals surface area (Å²) in [5.74, 6) is -0.149. The summed E-state index contributed by atoms with van der Waals surface area (Å²) in [7, 11) is 0. The van der Waals surface area contributed by atoms with Gasteiger partial charge in [-0.15, -0.1) is 0 Å². The van der Waals surface area contributed by atoms with Gasteiger partial charge in [0, 0.05) is 23.5 Å². The van der Waals surface area contributed by atoms with Crippen LogP contribution in [-0.4, -0.2) is 53.2 Å². The molecule has 1 saturated heterocycles. The lowest BCUT2D eigenvalue weighted by atomic mass is 10.1. The van der Waals surface area contributed by atoms with Gasteiger partial charge >= 0.3 is 0 Å². The van der Waals surface area contributed by atoms with E-state index in [0.29, 0.717) is 24.3 Å². The Labute approximate surface area is 141 Å². The number of nitrogens with zero attached hydrogens (tertiary/aromatic N) is 2. The zero-order chi connectivity index (χ0) is 16.1. The van der Waals surface area contributed by atoms with Crippen molar-refractivity contribution in [3.05, 3.63) is 28.2 Å². The Balaban J connectivity index is 1.63. The molecule has 0 spiro atoms. The van der Waals surface area contributed by atoms with Gasteiger partial charge in [0.15, 0.2) is 0 Å². The standard InChI is InChI=1S/C16H16BrN3O3/c17-10-3-4-12-11(7-10)16(23)20-6-5-19(15(22)9-1-2-9)8-13(20)14(21)18-12/h3-4,7,9,13H,1-2,5-6,8H2,(H,18,21)/t13-/m1/s1. The van der Waals surface area contributed by atoms with Crippen LogP contribution in [0.3, 0.4) is 0 Å². The summed E-state index contributed by atoms with van der Waals surface area (Å²) in [6.45, 7) is 1.16. The van der Waals surface area contributed by atoms with E-state index in [0.717, 1.165) is 17.3 Å². The summed E-state index contributed by atoms with van der Waals surface area (Å²) in [5, 5.41) is 2.82. The Kier molecular flexibility index (Phi) is 3.41. The molecule has 120 valence electrons. The second-order valence-electron chi connectivity index (χ2n) is 6.25. The summed E-state index contributed by atoms with van der Waals surface area (Å²) < 4.78 is 0.792. The SMILES string of the molecule is O=C1Nc2ccc(Br)cc2C(=O)N2CCN(C(=O)C3CC3)C[C@H]12. The number of benzene rings is 1. The quantitative estimate of drug-likeness (QED) is 0.805. The predicted octanol–water partition coefficient (Wildman–Crippen LogP) is 1.46. The van der Waals surface area contributed by atoms with Crippen LogP contribution in [0.5, 0.6) is 0 Å². The Morgan fingerprint density at radius 1 is 1.22 bits per heavy atom. The minimum Gasteiger partial charge on any atom is -0.338 e. The zero-order valence-corrected chi connectivity index (χ0v) is 14.0. The normalized spacial score (nSPS) is 23.8. The lowest BCUT2D eigenvalue weighted by Gasteiger charge is -2.39. The van der Waals surface area contributed by atoms with Gasteiger partial charge in [0.25, 0.3) is 5.91 Å². The molecule has 7 heteroatoms. The maximum absolute atomic E-state index is 12.8. The third-order valence-corrected chi connectivity index (χ3v) is 5.15. The number of hydrogen-bond acceptors (Lipinski definition) is 3. The Hall–Kier alpha value is -1.89. The summed E-state index contributed by atoms with van der Waals surface area (Å²) >= 11 is 3.36. The largest absolute Gasteiger partial charge is 0.338 e. The van der Waals surface area contributed by atoms with Gasteiger partial charge in [-0.25, -0.2) is 0 Å². The first-order valence-electron chi connectivity index (χ1n) is 7.75. The van der Waals surface area contributed by atoms with Crippen molar-refractivity contribution in [1.29, 1.82) is 0 Å². The number of hydrogen-bond donors (Lipinski definition) is 1. The summed E-state index contributed by atoms with van der Waals surface area (Å²) in [6.07, 6.45) is 1.88. The van der Waals surface area contributed by atoms with E-state index in [1.807, 2.05) is 0 Å². The van der Waals surface area contributed by atoms with E-state index < -0.39 is 6.04 Å². The van der Waals surface area contributed by atoms with Crippen molar-refractivity contribution in [2.75, 3.05) is 25.0 Å². The van der Waals surface area contributed by atoms with Crippen LogP contribution >= 0.6 is 15.9 Å². The first-order chi connectivity index (χ1) is 11.0. The van der Waals surface area contributed by atoms with Crippen LogP contribution in [0.25, 0.3) is 0 Å². The topological polar surface area (TPSA) is 69.7 Å². The molecular weight excluding hydrogens is 362 g/mol. The first-order valence-corrected chi connectivity index (χ1v) is 8.54. The molecule has 4 rings (SSSR count). The molecule has 6 nitrogen and oxygen atoms in total. The van der Waals surface area contributed by atoms with Crippen molar-refractivity contribution in [3.8, 4) is 0 Å². The molecule has 3 aliphatic rings. The molecular formula is C16H16BrN3O3. The minimum atomic E-state index is -0.620. The van der Waals surface area contributed by atoms with Crippen molar-refractivity contribution in [1.82, 2.24) is 9.80 Å². The number of carbonyl (C=O) groups excluding carboxylic acids is 3. The fraction of sp³-hybridized carbons (Fsp3) is 0.438. The number of carbonyl (C=O) groups is 3. The third-order valence-electron chi connectivity index (χ3n) is 4.65. The van der Waals surface area contributed by atoms with Gasteiger partial charge in [-0.1, -0.05) is 15.9 Å². The summed E-state index contributed by atoms with van der Waals surface area (Å²) in [6, 6.07) is 4.62. The lowest BCUT2D eigenvalue weighted by Crippen LogP contribution is -2.59. The highest BCUT2D eigenvalue weighted by Gasteiger charge is 2.42. The molecule has 23 heavy (non-hydrogen) atoms. The zero-order valence-electron chi connectivity index (χ0n) is 12.4. The van der Waals surface area contributed by atoms with Crippen molar-refractivity contribution in [2.24, 2.45) is 5.92 Å². The molecule has 0 unspecified atom stereocenters. The molecule has 1 aromatic rings. The smallest absolute Gasteiger partial charge is 0.256 e. The molecule has 2 aliphatic heterocycles. The third kappa shape index (κ3) is 2.52. The Morgan fingerprint density at radius 2 is 2.00 bits per heavy atom. The van der Waals surface area contributed by atoms with Crippen LogP contribution in [-0.2, 0) is 9.59 Å². The molecule has 2 heterocycles. The molecule has 0 bridgehead atoms. The predicted molar refractivity (Wildman–Crippen MR) is 86.9 cm³/mol. The number of fused-ring (bicyclic) bond motifs is 2. The monoisotopic (exact) mass is 377 g/mol. The fourth-order valence-corrected chi connectivity index (χ4v) is 3.57. The van der Waals surface area contributed by atoms with E-state index in [2.05, 4.69) is 21.2 Å². The van der Waals surface area contributed by atoms with Crippen LogP contribution in [0.1, 0.15) is 23.2 Å². The molecule has 1 aromatic carbocycles. The Morgan fingerprint density at radius 3 is 2.74 bits per heavy atom. The van der Waals surface area contributed by atoms with E-state index in [1.165, 1.54) is 0 Å². The Bertz CT molecular complexity index is 717. The minimum absolute atomic E-state index is 0.120. The van der Waals surface area contributed by atoms with E-state index in [1.54, 1.807) is 28.0 Å². The highest BCUT2D eigenvalue weighted by Crippen LogP contribution is 2.33. The van der Waals surface area contributed by atoms with Gasteiger partial charge in [-0.3, -0.25) is 14.4 Å². The molecule has 0 radical (unpaired) electrons. The molecule has 1 aliphatic carbocycles. The van der Waals surface area contributed by atoms with E-state index in [4.69, 9.17) is 0 Å². The maximum Gasteiger partial charge on any atom is 0.256 e. The van der Waals surface area contributed by atoms with E-state index in [9.17, 15) is 14.4 Å². The molecule has 2 fully saturated rings. The van der Waals surface area contributed by atoms with Crippen LogP contribution in [0.4, 0.5) is 5.69 Å². The van der Waals surface area contributed by atoms with Gasteiger partial charge in [0.05, 0.1) is 17.8 Å². The van der Waals surface area contributed by atoms with Gasteiger partial charge < -0.3 is 15.1 Å². The summed E-state index contributed by atoms with van der Waals surface area (Å²) in [5.41, 5.74) is 1.01. The van der Waals surface area contributed by atoms with Crippen molar-refractivity contribution in [3.63, 3.8) is 0 Å². The fourth-order valence-electron chi connectivity index (χ4n) is 3.21. The van der Waals surface area contributed by atoms with Crippen LogP contribution in [0, 0.1) is 5.92 Å². The van der Waals surface area contributed by atoms with E-state index in [-0.39, 0.29) is 30.2 Å². The first kappa shape index (κ1) is 14.7. The molecule has 3 amide bonds.